The maximum atomic E-state index is 12.8. The van der Waals surface area contributed by atoms with Gasteiger partial charge in [0, 0.05) is 41.1 Å². The molecule has 0 spiro atoms. The Balaban J connectivity index is 1.36. The molecule has 4 N–H and O–H groups in total. The number of hydrogen-bond acceptors (Lipinski definition) is 4. The van der Waals surface area contributed by atoms with Crippen LogP contribution in [0.4, 0.5) is 16.2 Å². The lowest BCUT2D eigenvalue weighted by molar-refractivity contribution is -0.137. The van der Waals surface area contributed by atoms with E-state index in [4.69, 9.17) is 0 Å². The van der Waals surface area contributed by atoms with Crippen LogP contribution in [0.5, 0.6) is 0 Å². The van der Waals surface area contributed by atoms with Gasteiger partial charge in [0.05, 0.1) is 18.2 Å². The maximum Gasteiger partial charge on any atom is 0.319 e. The highest BCUT2D eigenvalue weighted by molar-refractivity contribution is 7.99. The first-order valence-electron chi connectivity index (χ1n) is 11.5. The molecule has 1 unspecified atom stereocenters. The second-order valence-corrected chi connectivity index (χ2v) is 9.65. The lowest BCUT2D eigenvalue weighted by Gasteiger charge is -2.32. The fourth-order valence-corrected chi connectivity index (χ4v) is 5.38. The van der Waals surface area contributed by atoms with Crippen LogP contribution in [0.15, 0.2) is 83.9 Å². The Bertz CT molecular complexity index is 1360. The molecule has 7 nitrogen and oxygen atoms in total. The highest BCUT2D eigenvalue weighted by atomic mass is 32.2. The number of nitrogens with one attached hydrogen (secondary N) is 3. The van der Waals surface area contributed by atoms with Crippen LogP contribution < -0.4 is 15.5 Å². The molecule has 2 heterocycles. The summed E-state index contributed by atoms with van der Waals surface area (Å²) >= 11 is 1.79. The maximum absolute atomic E-state index is 12.8. The number of aromatic amines is 1. The number of fused-ring (bicyclic) bond motifs is 2. The van der Waals surface area contributed by atoms with Crippen LogP contribution in [0.3, 0.4) is 0 Å². The summed E-state index contributed by atoms with van der Waals surface area (Å²) in [7, 11) is 0. The van der Waals surface area contributed by atoms with Crippen molar-refractivity contribution in [1.29, 1.82) is 0 Å². The summed E-state index contributed by atoms with van der Waals surface area (Å²) in [6.45, 7) is 1.67. The van der Waals surface area contributed by atoms with Crippen LogP contribution in [0.25, 0.3) is 10.9 Å². The van der Waals surface area contributed by atoms with Crippen LogP contribution in [-0.2, 0) is 11.3 Å². The molecule has 8 heteroatoms. The highest BCUT2D eigenvalue weighted by Crippen LogP contribution is 2.37. The van der Waals surface area contributed by atoms with Gasteiger partial charge in [-0.2, -0.15) is 0 Å². The predicted octanol–water partition coefficient (Wildman–Crippen LogP) is 5.62. The quantitative estimate of drug-likeness (QED) is 0.272. The molecule has 2 amide bonds. The number of amides is 2. The SMILES string of the molecule is O=C(O)CC(NC(=O)Nc1ccc2cc[nH]c2c1)c1ccc2c(c1)N(Cc1ccccc1)CCS2. The lowest BCUT2D eigenvalue weighted by Crippen LogP contribution is -2.34. The minimum absolute atomic E-state index is 0.215. The summed E-state index contributed by atoms with van der Waals surface area (Å²) in [6, 6.07) is 22.7. The van der Waals surface area contributed by atoms with Gasteiger partial charge in [-0.05, 0) is 46.8 Å². The number of aromatic nitrogens is 1. The van der Waals surface area contributed by atoms with E-state index in [9.17, 15) is 14.7 Å². The number of carbonyl (C=O) groups excluding carboxylic acids is 1. The van der Waals surface area contributed by atoms with Crippen molar-refractivity contribution in [2.24, 2.45) is 0 Å². The topological polar surface area (TPSA) is 97.5 Å². The molecule has 1 aliphatic heterocycles. The van der Waals surface area contributed by atoms with Gasteiger partial charge in [0.15, 0.2) is 0 Å². The van der Waals surface area contributed by atoms with E-state index in [0.717, 1.165) is 45.9 Å². The summed E-state index contributed by atoms with van der Waals surface area (Å²) < 4.78 is 0. The summed E-state index contributed by atoms with van der Waals surface area (Å²) in [6.07, 6.45) is 1.63. The largest absolute Gasteiger partial charge is 0.481 e. The fraction of sp³-hybridized carbons (Fsp3) is 0.185. The van der Waals surface area contributed by atoms with Crippen molar-refractivity contribution in [2.75, 3.05) is 22.5 Å². The van der Waals surface area contributed by atoms with Crippen LogP contribution >= 0.6 is 11.8 Å². The zero-order valence-electron chi connectivity index (χ0n) is 19.0. The Morgan fingerprint density at radius 1 is 1.06 bits per heavy atom. The number of aliphatic carboxylic acids is 1. The monoisotopic (exact) mass is 486 g/mol. The Kier molecular flexibility index (Phi) is 6.63. The molecule has 1 aromatic heterocycles. The minimum Gasteiger partial charge on any atom is -0.481 e. The molecule has 0 fully saturated rings. The summed E-state index contributed by atoms with van der Waals surface area (Å²) in [4.78, 5) is 31.0. The van der Waals surface area contributed by atoms with Crippen molar-refractivity contribution in [3.8, 4) is 0 Å². The van der Waals surface area contributed by atoms with Crippen LogP contribution in [0.1, 0.15) is 23.6 Å². The molecule has 35 heavy (non-hydrogen) atoms. The second kappa shape index (κ2) is 10.1. The van der Waals surface area contributed by atoms with Gasteiger partial charge in [0.1, 0.15) is 0 Å². The number of rotatable bonds is 7. The molecule has 4 aromatic rings. The average Bonchev–Trinajstić information content (AvgIpc) is 3.32. The first kappa shape index (κ1) is 22.9. The van der Waals surface area contributed by atoms with Crippen molar-refractivity contribution in [3.05, 3.63) is 90.1 Å². The van der Waals surface area contributed by atoms with Gasteiger partial charge in [-0.1, -0.05) is 42.5 Å². The molecule has 0 bridgehead atoms. The van der Waals surface area contributed by atoms with E-state index in [2.05, 4.69) is 32.7 Å². The Morgan fingerprint density at radius 3 is 2.74 bits per heavy atom. The van der Waals surface area contributed by atoms with Crippen molar-refractivity contribution in [3.63, 3.8) is 0 Å². The molecule has 0 radical (unpaired) electrons. The standard InChI is InChI=1S/C27H26N4O3S/c32-26(33)16-23(30-27(34)29-21-8-6-19-10-11-28-22(19)15-21)20-7-9-25-24(14-20)31(12-13-35-25)17-18-4-2-1-3-5-18/h1-11,14-15,23,28H,12-13,16-17H2,(H,32,33)(H2,29,30,34). The minimum atomic E-state index is -0.976. The number of urea groups is 1. The van der Waals surface area contributed by atoms with E-state index < -0.39 is 18.0 Å². The third-order valence-corrected chi connectivity index (χ3v) is 7.10. The molecular formula is C27H26N4O3S. The van der Waals surface area contributed by atoms with Gasteiger partial charge in [-0.25, -0.2) is 4.79 Å². The second-order valence-electron chi connectivity index (χ2n) is 8.51. The van der Waals surface area contributed by atoms with E-state index in [1.54, 1.807) is 11.8 Å². The normalized spacial score (nSPS) is 13.8. The van der Waals surface area contributed by atoms with E-state index in [-0.39, 0.29) is 6.42 Å². The zero-order valence-corrected chi connectivity index (χ0v) is 19.8. The van der Waals surface area contributed by atoms with E-state index in [1.807, 2.05) is 66.9 Å². The van der Waals surface area contributed by atoms with Crippen LogP contribution in [-0.4, -0.2) is 34.4 Å². The van der Waals surface area contributed by atoms with Gasteiger partial charge in [0.2, 0.25) is 0 Å². The van der Waals surface area contributed by atoms with Crippen molar-refractivity contribution in [2.45, 2.75) is 23.9 Å². The van der Waals surface area contributed by atoms with E-state index in [1.165, 1.54) is 5.56 Å². The number of carboxylic acids is 1. The number of benzene rings is 3. The molecular weight excluding hydrogens is 460 g/mol. The molecule has 1 aliphatic rings. The van der Waals surface area contributed by atoms with Crippen LogP contribution in [0.2, 0.25) is 0 Å². The lowest BCUT2D eigenvalue weighted by atomic mass is 10.0. The van der Waals surface area contributed by atoms with Gasteiger partial charge >= 0.3 is 12.0 Å². The van der Waals surface area contributed by atoms with Crippen molar-refractivity contribution in [1.82, 2.24) is 10.3 Å². The first-order chi connectivity index (χ1) is 17.0. The van der Waals surface area contributed by atoms with Crippen molar-refractivity contribution < 1.29 is 14.7 Å². The Hall–Kier alpha value is -3.91. The van der Waals surface area contributed by atoms with Gasteiger partial charge in [-0.3, -0.25) is 4.79 Å². The number of carbonyl (C=O) groups is 2. The Morgan fingerprint density at radius 2 is 1.91 bits per heavy atom. The van der Waals surface area contributed by atoms with E-state index in [0.29, 0.717) is 5.69 Å². The van der Waals surface area contributed by atoms with Gasteiger partial charge < -0.3 is 25.6 Å². The highest BCUT2D eigenvalue weighted by Gasteiger charge is 2.23. The van der Waals surface area contributed by atoms with E-state index >= 15 is 0 Å². The average molecular weight is 487 g/mol. The predicted molar refractivity (Wildman–Crippen MR) is 140 cm³/mol. The fourth-order valence-electron chi connectivity index (χ4n) is 4.35. The van der Waals surface area contributed by atoms with Gasteiger partial charge in [0.25, 0.3) is 0 Å². The zero-order chi connectivity index (χ0) is 24.2. The number of anilines is 2. The molecule has 1 atom stereocenters. The summed E-state index contributed by atoms with van der Waals surface area (Å²) in [5.41, 5.74) is 4.59. The number of hydrogen-bond donors (Lipinski definition) is 4. The van der Waals surface area contributed by atoms with Gasteiger partial charge in [-0.15, -0.1) is 11.8 Å². The third-order valence-electron chi connectivity index (χ3n) is 6.06. The molecule has 178 valence electrons. The smallest absolute Gasteiger partial charge is 0.319 e. The molecule has 0 saturated heterocycles. The third kappa shape index (κ3) is 5.44. The van der Waals surface area contributed by atoms with Crippen LogP contribution in [0, 0.1) is 0 Å². The molecule has 3 aromatic carbocycles. The number of carboxylic acid groups (broad SMARTS) is 1. The summed E-state index contributed by atoms with van der Waals surface area (Å²) in [5.74, 6) is 0.0140. The number of thioether (sulfide) groups is 1. The summed E-state index contributed by atoms with van der Waals surface area (Å²) in [5, 5.41) is 16.3. The van der Waals surface area contributed by atoms with Crippen molar-refractivity contribution >= 4 is 46.0 Å². The molecule has 0 saturated carbocycles. The Labute approximate surface area is 207 Å². The number of H-pyrrole nitrogens is 1. The first-order valence-corrected chi connectivity index (χ1v) is 12.5. The number of nitrogens with zero attached hydrogens (tertiary/aromatic N) is 1. The molecule has 5 rings (SSSR count). The molecule has 0 aliphatic carbocycles.